The van der Waals surface area contributed by atoms with Crippen molar-refractivity contribution < 1.29 is 0 Å². The lowest BCUT2D eigenvalue weighted by atomic mass is 9.78. The quantitative estimate of drug-likeness (QED) is 0.670. The van der Waals surface area contributed by atoms with Gasteiger partial charge in [0.15, 0.2) is 0 Å². The van der Waals surface area contributed by atoms with E-state index in [9.17, 15) is 0 Å². The molecule has 0 radical (unpaired) electrons. The molecule has 74 valence electrons. The van der Waals surface area contributed by atoms with Crippen molar-refractivity contribution in [3.63, 3.8) is 0 Å². The van der Waals surface area contributed by atoms with Gasteiger partial charge in [-0.1, -0.05) is 34.6 Å². The Morgan fingerprint density at radius 2 is 1.50 bits per heavy atom. The second-order valence-corrected chi connectivity index (χ2v) is 4.52. The minimum atomic E-state index is 0.302. The lowest BCUT2D eigenvalue weighted by Crippen LogP contribution is -2.51. The molecule has 1 N–H and O–H groups in total. The van der Waals surface area contributed by atoms with Crippen LogP contribution in [-0.2, 0) is 0 Å². The molecule has 0 unspecified atom stereocenters. The molecular formula is C11H25N. The van der Waals surface area contributed by atoms with Crippen LogP contribution in [0.25, 0.3) is 0 Å². The Labute approximate surface area is 77.9 Å². The van der Waals surface area contributed by atoms with E-state index in [1.165, 1.54) is 6.42 Å². The summed E-state index contributed by atoms with van der Waals surface area (Å²) in [5.41, 5.74) is 0.302. The summed E-state index contributed by atoms with van der Waals surface area (Å²) in [5.74, 6) is 1.40. The van der Waals surface area contributed by atoms with Gasteiger partial charge in [-0.2, -0.15) is 0 Å². The maximum atomic E-state index is 3.64. The van der Waals surface area contributed by atoms with Crippen molar-refractivity contribution >= 4 is 0 Å². The molecule has 1 heteroatoms. The molecule has 0 saturated heterocycles. The van der Waals surface area contributed by atoms with Crippen LogP contribution in [0.2, 0.25) is 0 Å². The first kappa shape index (κ1) is 12.0. The minimum Gasteiger partial charge on any atom is -0.311 e. The van der Waals surface area contributed by atoms with Crippen molar-refractivity contribution in [2.45, 2.75) is 53.5 Å². The van der Waals surface area contributed by atoms with Crippen LogP contribution < -0.4 is 5.32 Å². The molecule has 0 aliphatic rings. The van der Waals surface area contributed by atoms with Gasteiger partial charge in [-0.3, -0.25) is 0 Å². The van der Waals surface area contributed by atoms with Gasteiger partial charge in [-0.05, 0) is 31.7 Å². The van der Waals surface area contributed by atoms with Crippen molar-refractivity contribution in [1.82, 2.24) is 5.32 Å². The van der Waals surface area contributed by atoms with Gasteiger partial charge in [0, 0.05) is 5.54 Å². The fourth-order valence-corrected chi connectivity index (χ4v) is 1.47. The van der Waals surface area contributed by atoms with E-state index in [4.69, 9.17) is 0 Å². The maximum absolute atomic E-state index is 3.64. The first-order valence-corrected chi connectivity index (χ1v) is 5.20. The second kappa shape index (κ2) is 4.86. The normalized spacial score (nSPS) is 13.0. The largest absolute Gasteiger partial charge is 0.311 e. The molecule has 0 aromatic heterocycles. The molecule has 0 aliphatic heterocycles. The third kappa shape index (κ3) is 2.78. The summed E-state index contributed by atoms with van der Waals surface area (Å²) in [5, 5.41) is 3.64. The Balaban J connectivity index is 4.19. The minimum absolute atomic E-state index is 0.302. The number of hydrogen-bond acceptors (Lipinski definition) is 1. The smallest absolute Gasteiger partial charge is 0.0199 e. The van der Waals surface area contributed by atoms with E-state index in [1.54, 1.807) is 0 Å². The maximum Gasteiger partial charge on any atom is 0.0199 e. The zero-order chi connectivity index (χ0) is 9.78. The Hall–Kier alpha value is -0.0400. The molecule has 0 amide bonds. The molecule has 0 rings (SSSR count). The molecule has 0 aromatic carbocycles. The van der Waals surface area contributed by atoms with Crippen LogP contribution >= 0.6 is 0 Å². The Morgan fingerprint density at radius 3 is 1.75 bits per heavy atom. The highest BCUT2D eigenvalue weighted by Gasteiger charge is 2.30. The van der Waals surface area contributed by atoms with E-state index < -0.39 is 0 Å². The number of nitrogens with one attached hydrogen (secondary N) is 1. The van der Waals surface area contributed by atoms with Crippen LogP contribution in [0.15, 0.2) is 0 Å². The zero-order valence-electron chi connectivity index (χ0n) is 9.57. The summed E-state index contributed by atoms with van der Waals surface area (Å²) < 4.78 is 0. The predicted molar refractivity (Wildman–Crippen MR) is 56.4 cm³/mol. The molecule has 0 spiro atoms. The molecule has 0 aliphatic carbocycles. The van der Waals surface area contributed by atoms with Crippen LogP contribution in [0, 0.1) is 11.8 Å². The van der Waals surface area contributed by atoms with Gasteiger partial charge in [0.25, 0.3) is 0 Å². The van der Waals surface area contributed by atoms with Gasteiger partial charge in [-0.15, -0.1) is 0 Å². The van der Waals surface area contributed by atoms with Crippen molar-refractivity contribution in [1.29, 1.82) is 0 Å². The molecule has 0 atom stereocenters. The average molecular weight is 171 g/mol. The molecule has 1 nitrogen and oxygen atoms in total. The van der Waals surface area contributed by atoms with Crippen LogP contribution in [0.4, 0.5) is 0 Å². The molecule has 0 heterocycles. The highest BCUT2D eigenvalue weighted by atomic mass is 15.0. The summed E-state index contributed by atoms with van der Waals surface area (Å²) >= 11 is 0. The van der Waals surface area contributed by atoms with Gasteiger partial charge in [0.05, 0.1) is 0 Å². The van der Waals surface area contributed by atoms with E-state index in [0.29, 0.717) is 17.4 Å². The number of rotatable bonds is 5. The van der Waals surface area contributed by atoms with E-state index >= 15 is 0 Å². The highest BCUT2D eigenvalue weighted by Crippen LogP contribution is 2.25. The molecule has 0 bridgehead atoms. The van der Waals surface area contributed by atoms with Crippen LogP contribution in [-0.4, -0.2) is 12.1 Å². The van der Waals surface area contributed by atoms with Gasteiger partial charge in [-0.25, -0.2) is 0 Å². The van der Waals surface area contributed by atoms with E-state index in [1.807, 2.05) is 0 Å². The van der Waals surface area contributed by atoms with Crippen LogP contribution in [0.3, 0.4) is 0 Å². The summed E-state index contributed by atoms with van der Waals surface area (Å²) in [7, 11) is 0. The van der Waals surface area contributed by atoms with E-state index in [0.717, 1.165) is 6.54 Å². The van der Waals surface area contributed by atoms with Crippen LogP contribution in [0.1, 0.15) is 48.0 Å². The van der Waals surface area contributed by atoms with Crippen molar-refractivity contribution in [3.05, 3.63) is 0 Å². The molecule has 12 heavy (non-hydrogen) atoms. The highest BCUT2D eigenvalue weighted by molar-refractivity contribution is 4.88. The summed E-state index contributed by atoms with van der Waals surface area (Å²) in [4.78, 5) is 0. The fourth-order valence-electron chi connectivity index (χ4n) is 1.47. The lowest BCUT2D eigenvalue weighted by Gasteiger charge is -2.39. The van der Waals surface area contributed by atoms with Gasteiger partial charge in [0.1, 0.15) is 0 Å². The SMILES string of the molecule is CCCNC(C)(C(C)C)C(C)C. The standard InChI is InChI=1S/C11H25N/c1-7-8-12-11(6,9(2)3)10(4)5/h9-10,12H,7-8H2,1-6H3. The van der Waals surface area contributed by atoms with Crippen LogP contribution in [0.5, 0.6) is 0 Å². The summed E-state index contributed by atoms with van der Waals surface area (Å²) in [6.07, 6.45) is 1.22. The summed E-state index contributed by atoms with van der Waals surface area (Å²) in [6.45, 7) is 14.9. The molecule has 0 fully saturated rings. The Morgan fingerprint density at radius 1 is 1.08 bits per heavy atom. The van der Waals surface area contributed by atoms with E-state index in [-0.39, 0.29) is 0 Å². The van der Waals surface area contributed by atoms with Crippen molar-refractivity contribution in [2.24, 2.45) is 11.8 Å². The lowest BCUT2D eigenvalue weighted by molar-refractivity contribution is 0.187. The fraction of sp³-hybridized carbons (Fsp3) is 1.00. The van der Waals surface area contributed by atoms with E-state index in [2.05, 4.69) is 46.9 Å². The van der Waals surface area contributed by atoms with Gasteiger partial charge < -0.3 is 5.32 Å². The molecular weight excluding hydrogens is 146 g/mol. The second-order valence-electron chi connectivity index (χ2n) is 4.52. The molecule has 0 aromatic rings. The zero-order valence-corrected chi connectivity index (χ0v) is 9.57. The van der Waals surface area contributed by atoms with Crippen molar-refractivity contribution in [2.75, 3.05) is 6.54 Å². The topological polar surface area (TPSA) is 12.0 Å². The van der Waals surface area contributed by atoms with Crippen molar-refractivity contribution in [3.8, 4) is 0 Å². The third-order valence-electron chi connectivity index (χ3n) is 3.15. The average Bonchev–Trinajstić information content (AvgIpc) is 1.99. The monoisotopic (exact) mass is 171 g/mol. The first-order chi connectivity index (χ1) is 5.45. The predicted octanol–water partition coefficient (Wildman–Crippen LogP) is 3.06. The first-order valence-electron chi connectivity index (χ1n) is 5.20. The molecule has 0 saturated carbocycles. The van der Waals surface area contributed by atoms with Gasteiger partial charge in [0.2, 0.25) is 0 Å². The third-order valence-corrected chi connectivity index (χ3v) is 3.15. The van der Waals surface area contributed by atoms with Gasteiger partial charge >= 0.3 is 0 Å². The Bertz CT molecular complexity index is 108. The summed E-state index contributed by atoms with van der Waals surface area (Å²) in [6, 6.07) is 0. The Kier molecular flexibility index (Phi) is 4.84. The number of hydrogen-bond donors (Lipinski definition) is 1.